The Bertz CT molecular complexity index is 538. The van der Waals surface area contributed by atoms with Crippen LogP contribution in [0.25, 0.3) is 0 Å². The van der Waals surface area contributed by atoms with Crippen LogP contribution in [0.4, 0.5) is 0 Å². The zero-order chi connectivity index (χ0) is 28.8. The summed E-state index contributed by atoms with van der Waals surface area (Å²) in [5.41, 5.74) is 0. The minimum Gasteiger partial charge on any atom is -0.466 e. The Morgan fingerprint density at radius 1 is 0.564 bits per heavy atom. The van der Waals surface area contributed by atoms with Crippen LogP contribution < -0.4 is 0 Å². The van der Waals surface area contributed by atoms with Crippen molar-refractivity contribution in [2.24, 2.45) is 0 Å². The van der Waals surface area contributed by atoms with E-state index in [1.54, 1.807) is 7.11 Å². The molecule has 0 fully saturated rings. The molecule has 0 aliphatic heterocycles. The van der Waals surface area contributed by atoms with Crippen molar-refractivity contribution in [3.05, 3.63) is 0 Å². The Labute approximate surface area is 242 Å². The number of carbonyl (C=O) groups is 2. The Balaban J connectivity index is 3.70. The maximum atomic E-state index is 11.9. The van der Waals surface area contributed by atoms with Crippen LogP contribution in [-0.4, -0.2) is 62.9 Å². The largest absolute Gasteiger partial charge is 0.466 e. The van der Waals surface area contributed by atoms with Crippen LogP contribution in [0.3, 0.4) is 0 Å². The molecular weight excluding hydrogens is 490 g/mol. The standard InChI is InChI=1S/C33H65NO5/c1-5-8-9-10-11-18-23-29-38-32(35)24-19-14-12-16-21-26-34(28-30-37-4)27-22-17-13-15-20-25-33(36)39-31(6-2)7-3/h31H,5-30H2,1-4H3. The van der Waals surface area contributed by atoms with E-state index in [-0.39, 0.29) is 18.0 Å². The van der Waals surface area contributed by atoms with Crippen LogP contribution >= 0.6 is 0 Å². The van der Waals surface area contributed by atoms with E-state index in [1.165, 1.54) is 77.0 Å². The highest BCUT2D eigenvalue weighted by Gasteiger charge is 2.10. The quantitative estimate of drug-likeness (QED) is 0.0653. The molecular formula is C33H65NO5. The summed E-state index contributed by atoms with van der Waals surface area (Å²) in [6, 6.07) is 0. The number of carbonyl (C=O) groups excluding carboxylic acids is 2. The van der Waals surface area contributed by atoms with Gasteiger partial charge in [0.2, 0.25) is 0 Å². The molecule has 0 unspecified atom stereocenters. The minimum atomic E-state index is -0.0341. The first-order valence-corrected chi connectivity index (χ1v) is 16.6. The average molecular weight is 556 g/mol. The molecule has 0 aromatic carbocycles. The van der Waals surface area contributed by atoms with Crippen molar-refractivity contribution in [3.63, 3.8) is 0 Å². The molecule has 0 atom stereocenters. The summed E-state index contributed by atoms with van der Waals surface area (Å²) in [6.45, 7) is 11.0. The number of nitrogens with zero attached hydrogens (tertiary/aromatic N) is 1. The molecule has 0 saturated carbocycles. The average Bonchev–Trinajstić information content (AvgIpc) is 2.94. The van der Waals surface area contributed by atoms with Crippen molar-refractivity contribution >= 4 is 11.9 Å². The maximum absolute atomic E-state index is 11.9. The molecule has 39 heavy (non-hydrogen) atoms. The van der Waals surface area contributed by atoms with Crippen molar-refractivity contribution < 1.29 is 23.8 Å². The Kier molecular flexibility index (Phi) is 29.0. The predicted molar refractivity (Wildman–Crippen MR) is 163 cm³/mol. The smallest absolute Gasteiger partial charge is 0.306 e. The van der Waals surface area contributed by atoms with Crippen LogP contribution in [0, 0.1) is 0 Å². The van der Waals surface area contributed by atoms with Crippen molar-refractivity contribution in [3.8, 4) is 0 Å². The van der Waals surface area contributed by atoms with Gasteiger partial charge in [0.15, 0.2) is 0 Å². The van der Waals surface area contributed by atoms with Gasteiger partial charge in [0.1, 0.15) is 6.10 Å². The Morgan fingerprint density at radius 2 is 1.05 bits per heavy atom. The summed E-state index contributed by atoms with van der Waals surface area (Å²) in [7, 11) is 1.77. The van der Waals surface area contributed by atoms with Crippen molar-refractivity contribution in [2.75, 3.05) is 40.0 Å². The third-order valence-electron chi connectivity index (χ3n) is 7.54. The number of hydrogen-bond acceptors (Lipinski definition) is 6. The van der Waals surface area contributed by atoms with Gasteiger partial charge in [0.05, 0.1) is 13.2 Å². The second-order valence-electron chi connectivity index (χ2n) is 11.1. The first-order valence-electron chi connectivity index (χ1n) is 16.6. The lowest BCUT2D eigenvalue weighted by atomic mass is 10.1. The lowest BCUT2D eigenvalue weighted by Crippen LogP contribution is -2.29. The van der Waals surface area contributed by atoms with Gasteiger partial charge >= 0.3 is 11.9 Å². The van der Waals surface area contributed by atoms with E-state index in [0.29, 0.717) is 19.4 Å². The van der Waals surface area contributed by atoms with Gasteiger partial charge in [-0.2, -0.15) is 0 Å². The highest BCUT2D eigenvalue weighted by Crippen LogP contribution is 2.12. The van der Waals surface area contributed by atoms with Gasteiger partial charge in [-0.05, 0) is 58.0 Å². The molecule has 0 spiro atoms. The van der Waals surface area contributed by atoms with Gasteiger partial charge in [-0.25, -0.2) is 0 Å². The van der Waals surface area contributed by atoms with Gasteiger partial charge in [-0.3, -0.25) is 9.59 Å². The van der Waals surface area contributed by atoms with Gasteiger partial charge < -0.3 is 19.1 Å². The van der Waals surface area contributed by atoms with Crippen LogP contribution in [0.5, 0.6) is 0 Å². The van der Waals surface area contributed by atoms with Crippen LogP contribution in [-0.2, 0) is 23.8 Å². The molecule has 0 N–H and O–H groups in total. The molecule has 0 amide bonds. The van der Waals surface area contributed by atoms with Crippen molar-refractivity contribution in [2.45, 2.75) is 162 Å². The molecule has 0 aliphatic carbocycles. The summed E-state index contributed by atoms with van der Waals surface area (Å²) in [5.74, 6) is -0.0542. The number of hydrogen-bond donors (Lipinski definition) is 0. The van der Waals surface area contributed by atoms with Crippen LogP contribution in [0.2, 0.25) is 0 Å². The molecule has 0 aromatic rings. The summed E-state index contributed by atoms with van der Waals surface area (Å²) in [6.07, 6.45) is 23.0. The molecule has 0 radical (unpaired) electrons. The monoisotopic (exact) mass is 555 g/mol. The number of ether oxygens (including phenoxy) is 3. The zero-order valence-electron chi connectivity index (χ0n) is 26.5. The van der Waals surface area contributed by atoms with E-state index in [9.17, 15) is 9.59 Å². The topological polar surface area (TPSA) is 65.1 Å². The molecule has 232 valence electrons. The van der Waals surface area contributed by atoms with Gasteiger partial charge in [0.25, 0.3) is 0 Å². The van der Waals surface area contributed by atoms with Crippen LogP contribution in [0.1, 0.15) is 156 Å². The summed E-state index contributed by atoms with van der Waals surface area (Å²) < 4.78 is 16.2. The lowest BCUT2D eigenvalue weighted by molar-refractivity contribution is -0.149. The Hall–Kier alpha value is -1.14. The fraction of sp³-hybridized carbons (Fsp3) is 0.939. The second kappa shape index (κ2) is 29.8. The molecule has 0 heterocycles. The van der Waals surface area contributed by atoms with Gasteiger partial charge in [0, 0.05) is 26.5 Å². The summed E-state index contributed by atoms with van der Waals surface area (Å²) in [4.78, 5) is 26.3. The molecule has 0 saturated heterocycles. The highest BCUT2D eigenvalue weighted by atomic mass is 16.5. The molecule has 0 aliphatic rings. The van der Waals surface area contributed by atoms with E-state index >= 15 is 0 Å². The van der Waals surface area contributed by atoms with Gasteiger partial charge in [-0.15, -0.1) is 0 Å². The molecule has 6 nitrogen and oxygen atoms in total. The SMILES string of the molecule is CCCCCCCCCOC(=O)CCCCCCCN(CCCCCCCC(=O)OC(CC)CC)CCOC. The minimum absolute atomic E-state index is 0.0201. The van der Waals surface area contributed by atoms with Crippen molar-refractivity contribution in [1.82, 2.24) is 4.90 Å². The first-order chi connectivity index (χ1) is 19.1. The molecule has 0 aromatic heterocycles. The summed E-state index contributed by atoms with van der Waals surface area (Å²) >= 11 is 0. The normalized spacial score (nSPS) is 11.4. The zero-order valence-corrected chi connectivity index (χ0v) is 26.5. The molecule has 0 rings (SSSR count). The third kappa shape index (κ3) is 26.8. The highest BCUT2D eigenvalue weighted by molar-refractivity contribution is 5.69. The first kappa shape index (κ1) is 37.9. The number of esters is 2. The lowest BCUT2D eigenvalue weighted by Gasteiger charge is -2.22. The van der Waals surface area contributed by atoms with Crippen LogP contribution in [0.15, 0.2) is 0 Å². The van der Waals surface area contributed by atoms with Gasteiger partial charge in [-0.1, -0.05) is 97.8 Å². The van der Waals surface area contributed by atoms with Crippen molar-refractivity contribution in [1.29, 1.82) is 0 Å². The number of methoxy groups -OCH3 is 1. The van der Waals surface area contributed by atoms with E-state index in [2.05, 4.69) is 25.7 Å². The van der Waals surface area contributed by atoms with E-state index in [1.807, 2.05) is 0 Å². The molecule has 6 heteroatoms. The fourth-order valence-corrected chi connectivity index (χ4v) is 4.84. The van der Waals surface area contributed by atoms with E-state index in [0.717, 1.165) is 71.2 Å². The number of rotatable bonds is 30. The van der Waals surface area contributed by atoms with E-state index < -0.39 is 0 Å². The second-order valence-corrected chi connectivity index (χ2v) is 11.1. The molecule has 0 bridgehead atoms. The predicted octanol–water partition coefficient (Wildman–Crippen LogP) is 8.64. The summed E-state index contributed by atoms with van der Waals surface area (Å²) in [5, 5.41) is 0. The number of unbranched alkanes of at least 4 members (excludes halogenated alkanes) is 14. The fourth-order valence-electron chi connectivity index (χ4n) is 4.84. The third-order valence-corrected chi connectivity index (χ3v) is 7.54. The maximum Gasteiger partial charge on any atom is 0.306 e. The Morgan fingerprint density at radius 3 is 1.59 bits per heavy atom. The van der Waals surface area contributed by atoms with E-state index in [4.69, 9.17) is 14.2 Å².